The number of carbonyl (C=O) groups is 2. The van der Waals surface area contributed by atoms with Crippen molar-refractivity contribution in [2.45, 2.75) is 6.42 Å². The molecule has 0 fully saturated rings. The maximum absolute atomic E-state index is 13.4. The zero-order chi connectivity index (χ0) is 18.4. The second-order valence-electron chi connectivity index (χ2n) is 4.90. The highest BCUT2D eigenvalue weighted by Gasteiger charge is 2.16. The number of hydrogen-bond acceptors (Lipinski definition) is 5. The summed E-state index contributed by atoms with van der Waals surface area (Å²) in [6, 6.07) is 8.43. The van der Waals surface area contributed by atoms with Crippen molar-refractivity contribution in [3.05, 3.63) is 69.8 Å². The van der Waals surface area contributed by atoms with Crippen LogP contribution in [0.15, 0.2) is 42.5 Å². The minimum atomic E-state index is -1.04. The van der Waals surface area contributed by atoms with Crippen LogP contribution in [0, 0.1) is 21.7 Å². The number of nitro groups is 1. The highest BCUT2D eigenvalue weighted by atomic mass is 19.1. The summed E-state index contributed by atoms with van der Waals surface area (Å²) in [7, 11) is 0. The Hall–Kier alpha value is -3.36. The maximum atomic E-state index is 13.4. The van der Waals surface area contributed by atoms with Crippen LogP contribution >= 0.6 is 0 Å². The summed E-state index contributed by atoms with van der Waals surface area (Å²) in [4.78, 5) is 33.0. The van der Waals surface area contributed by atoms with Crippen molar-refractivity contribution in [1.82, 2.24) is 0 Å². The minimum Gasteiger partial charge on any atom is -0.455 e. The van der Waals surface area contributed by atoms with Gasteiger partial charge in [0.2, 0.25) is 5.82 Å². The quantitative estimate of drug-likeness (QED) is 0.490. The van der Waals surface area contributed by atoms with Gasteiger partial charge in [-0.25, -0.2) is 4.39 Å². The van der Waals surface area contributed by atoms with Crippen LogP contribution in [-0.4, -0.2) is 23.4 Å². The van der Waals surface area contributed by atoms with Crippen LogP contribution in [0.3, 0.4) is 0 Å². The average Bonchev–Trinajstić information content (AvgIpc) is 2.56. The molecule has 2 aromatic rings. The fraction of sp³-hybridized carbons (Fsp3) is 0.125. The minimum absolute atomic E-state index is 0.0248. The van der Waals surface area contributed by atoms with Crippen molar-refractivity contribution < 1.29 is 28.0 Å². The number of carbonyl (C=O) groups excluding carboxylic acids is 2. The van der Waals surface area contributed by atoms with Crippen LogP contribution in [-0.2, 0) is 20.7 Å². The van der Waals surface area contributed by atoms with Crippen molar-refractivity contribution >= 4 is 23.3 Å². The van der Waals surface area contributed by atoms with Crippen LogP contribution in [0.1, 0.15) is 5.56 Å². The zero-order valence-corrected chi connectivity index (χ0v) is 12.7. The molecule has 1 amide bonds. The van der Waals surface area contributed by atoms with Crippen LogP contribution in [0.25, 0.3) is 0 Å². The number of hydrogen-bond donors (Lipinski definition) is 1. The van der Waals surface area contributed by atoms with E-state index in [0.717, 1.165) is 18.2 Å². The molecular weight excluding hydrogens is 338 g/mol. The highest BCUT2D eigenvalue weighted by Crippen LogP contribution is 2.21. The number of rotatable bonds is 6. The van der Waals surface area contributed by atoms with Gasteiger partial charge in [-0.1, -0.05) is 18.2 Å². The molecule has 0 atom stereocenters. The van der Waals surface area contributed by atoms with Crippen LogP contribution in [0.2, 0.25) is 0 Å². The Bertz CT molecular complexity index is 826. The standard InChI is InChI=1S/C16H12F2N2O5/c17-12-4-2-1-3-10(12)7-16(22)25-9-15(21)19-11-5-6-13(18)14(8-11)20(23)24/h1-6,8H,7,9H2,(H,19,21). The Morgan fingerprint density at radius 1 is 1.12 bits per heavy atom. The lowest BCUT2D eigenvalue weighted by Crippen LogP contribution is -2.22. The number of halogens is 2. The molecule has 1 N–H and O–H groups in total. The molecule has 2 aromatic carbocycles. The Kier molecular flexibility index (Phi) is 5.72. The van der Waals surface area contributed by atoms with Crippen LogP contribution in [0.5, 0.6) is 0 Å². The van der Waals surface area contributed by atoms with Gasteiger partial charge in [-0.05, 0) is 23.8 Å². The Balaban J connectivity index is 1.88. The molecule has 9 heteroatoms. The molecule has 0 unspecified atom stereocenters. The fourth-order valence-corrected chi connectivity index (χ4v) is 1.92. The van der Waals surface area contributed by atoms with E-state index in [-0.39, 0.29) is 17.7 Å². The van der Waals surface area contributed by atoms with E-state index in [2.05, 4.69) is 5.32 Å². The normalized spacial score (nSPS) is 10.2. The molecule has 0 saturated heterocycles. The summed E-state index contributed by atoms with van der Waals surface area (Å²) < 4.78 is 31.3. The second kappa shape index (κ2) is 7.95. The molecule has 0 heterocycles. The first kappa shape index (κ1) is 18.0. The van der Waals surface area contributed by atoms with Gasteiger partial charge in [-0.3, -0.25) is 19.7 Å². The number of amides is 1. The largest absolute Gasteiger partial charge is 0.455 e. The number of nitrogens with zero attached hydrogens (tertiary/aromatic N) is 1. The summed E-state index contributed by atoms with van der Waals surface area (Å²) in [5.74, 6) is -3.20. The van der Waals surface area contributed by atoms with Gasteiger partial charge in [0.25, 0.3) is 5.91 Å². The smallest absolute Gasteiger partial charge is 0.310 e. The summed E-state index contributed by atoms with van der Waals surface area (Å²) in [5.41, 5.74) is -0.695. The monoisotopic (exact) mass is 350 g/mol. The number of nitrogens with one attached hydrogen (secondary N) is 1. The Morgan fingerprint density at radius 3 is 2.52 bits per heavy atom. The van der Waals surface area contributed by atoms with Crippen molar-refractivity contribution in [2.24, 2.45) is 0 Å². The molecule has 0 bridgehead atoms. The van der Waals surface area contributed by atoms with Crippen LogP contribution < -0.4 is 5.32 Å². The van der Waals surface area contributed by atoms with Crippen molar-refractivity contribution in [1.29, 1.82) is 0 Å². The summed E-state index contributed by atoms with van der Waals surface area (Å²) in [5, 5.41) is 12.9. The molecule has 0 aliphatic heterocycles. The third-order valence-corrected chi connectivity index (χ3v) is 3.08. The van der Waals surface area contributed by atoms with Crippen LogP contribution in [0.4, 0.5) is 20.2 Å². The van der Waals surface area contributed by atoms with E-state index >= 15 is 0 Å². The van der Waals surface area contributed by atoms with E-state index in [1.54, 1.807) is 6.07 Å². The first-order valence-electron chi connectivity index (χ1n) is 6.99. The first-order valence-corrected chi connectivity index (χ1v) is 6.99. The predicted molar refractivity (Wildman–Crippen MR) is 82.7 cm³/mol. The maximum Gasteiger partial charge on any atom is 0.310 e. The number of ether oxygens (including phenoxy) is 1. The van der Waals surface area contributed by atoms with E-state index in [9.17, 15) is 28.5 Å². The molecule has 130 valence electrons. The molecule has 25 heavy (non-hydrogen) atoms. The van der Waals surface area contributed by atoms with Gasteiger partial charge in [-0.2, -0.15) is 4.39 Å². The topological polar surface area (TPSA) is 98.5 Å². The zero-order valence-electron chi connectivity index (χ0n) is 12.7. The Labute approximate surface area is 140 Å². The lowest BCUT2D eigenvalue weighted by Gasteiger charge is -2.07. The number of benzene rings is 2. The van der Waals surface area contributed by atoms with Gasteiger partial charge < -0.3 is 10.1 Å². The molecule has 0 aliphatic carbocycles. The predicted octanol–water partition coefficient (Wildman–Crippen LogP) is 2.60. The molecule has 0 radical (unpaired) electrons. The van der Waals surface area contributed by atoms with E-state index in [0.29, 0.717) is 0 Å². The molecule has 2 rings (SSSR count). The van der Waals surface area contributed by atoms with Gasteiger partial charge in [0.15, 0.2) is 6.61 Å². The summed E-state index contributed by atoms with van der Waals surface area (Å²) in [6.07, 6.45) is -0.345. The summed E-state index contributed by atoms with van der Waals surface area (Å²) in [6.45, 7) is -0.668. The van der Waals surface area contributed by atoms with E-state index in [1.165, 1.54) is 18.2 Å². The SMILES string of the molecule is O=C(COC(=O)Cc1ccccc1F)Nc1ccc(F)c([N+](=O)[O-])c1. The molecule has 0 saturated carbocycles. The molecule has 0 aliphatic rings. The van der Waals surface area contributed by atoms with Crippen molar-refractivity contribution in [3.8, 4) is 0 Å². The summed E-state index contributed by atoms with van der Waals surface area (Å²) >= 11 is 0. The van der Waals surface area contributed by atoms with Gasteiger partial charge in [0.1, 0.15) is 5.82 Å². The Morgan fingerprint density at radius 2 is 1.84 bits per heavy atom. The number of esters is 1. The molecule has 0 aromatic heterocycles. The molecule has 7 nitrogen and oxygen atoms in total. The molecule has 0 spiro atoms. The average molecular weight is 350 g/mol. The van der Waals surface area contributed by atoms with Crippen molar-refractivity contribution in [3.63, 3.8) is 0 Å². The molecular formula is C16H12F2N2O5. The number of nitro benzene ring substituents is 1. The van der Waals surface area contributed by atoms with Gasteiger partial charge in [0.05, 0.1) is 11.3 Å². The van der Waals surface area contributed by atoms with Crippen molar-refractivity contribution in [2.75, 3.05) is 11.9 Å². The van der Waals surface area contributed by atoms with E-state index < -0.39 is 40.7 Å². The van der Waals surface area contributed by atoms with Gasteiger partial charge >= 0.3 is 11.7 Å². The van der Waals surface area contributed by atoms with E-state index in [1.807, 2.05) is 0 Å². The highest BCUT2D eigenvalue weighted by molar-refractivity contribution is 5.93. The van der Waals surface area contributed by atoms with E-state index in [4.69, 9.17) is 4.74 Å². The second-order valence-corrected chi connectivity index (χ2v) is 4.90. The van der Waals surface area contributed by atoms with Gasteiger partial charge in [0, 0.05) is 11.8 Å². The third kappa shape index (κ3) is 5.06. The van der Waals surface area contributed by atoms with Gasteiger partial charge in [-0.15, -0.1) is 0 Å². The third-order valence-electron chi connectivity index (χ3n) is 3.08. The first-order chi connectivity index (χ1) is 11.9. The lowest BCUT2D eigenvalue weighted by atomic mass is 10.1. The number of anilines is 1. The fourth-order valence-electron chi connectivity index (χ4n) is 1.92. The lowest BCUT2D eigenvalue weighted by molar-refractivity contribution is -0.387.